The number of hydrogen-bond donors (Lipinski definition) is 2. The van der Waals surface area contributed by atoms with Crippen LogP contribution in [0.1, 0.15) is 37.2 Å². The van der Waals surface area contributed by atoms with Crippen LogP contribution < -0.4 is 10.5 Å². The van der Waals surface area contributed by atoms with Crippen molar-refractivity contribution in [3.8, 4) is 17.0 Å². The zero-order valence-corrected chi connectivity index (χ0v) is 18.3. The van der Waals surface area contributed by atoms with Crippen LogP contribution in [0, 0.1) is 5.92 Å². The van der Waals surface area contributed by atoms with Gasteiger partial charge in [0.15, 0.2) is 11.6 Å². The number of nitrogens with two attached hydrogens (primary N) is 1. The van der Waals surface area contributed by atoms with E-state index < -0.39 is 36.0 Å². The number of aromatic nitrogens is 3. The number of nitrogens with zero attached hydrogens (tertiary/aromatic N) is 4. The van der Waals surface area contributed by atoms with E-state index in [2.05, 4.69) is 19.6 Å². The number of imidazole rings is 1. The molecule has 0 unspecified atom stereocenters. The van der Waals surface area contributed by atoms with Crippen LogP contribution in [0.3, 0.4) is 0 Å². The third-order valence-electron chi connectivity index (χ3n) is 7.18. The van der Waals surface area contributed by atoms with Crippen molar-refractivity contribution < 1.29 is 40.9 Å². The van der Waals surface area contributed by atoms with E-state index in [1.165, 1.54) is 10.8 Å². The van der Waals surface area contributed by atoms with Crippen LogP contribution in [-0.4, -0.2) is 68.9 Å². The van der Waals surface area contributed by atoms with E-state index in [0.717, 1.165) is 38.2 Å². The van der Waals surface area contributed by atoms with E-state index in [-0.39, 0.29) is 28.8 Å². The van der Waals surface area contributed by atoms with Crippen LogP contribution >= 0.6 is 0 Å². The molecule has 8 nitrogen and oxygen atoms in total. The number of pyridine rings is 1. The topological polar surface area (TPSA) is 98.7 Å². The number of anilines is 1. The molecule has 2 aromatic rings. The number of halogens is 6. The Kier molecular flexibility index (Phi) is 5.68. The Labute approximate surface area is 195 Å². The summed E-state index contributed by atoms with van der Waals surface area (Å²) in [6, 6.07) is 0.564. The van der Waals surface area contributed by atoms with Gasteiger partial charge in [0.1, 0.15) is 5.82 Å². The molecule has 0 radical (unpaired) electrons. The smallest absolute Gasteiger partial charge is 0.402 e. The van der Waals surface area contributed by atoms with E-state index in [0.29, 0.717) is 19.6 Å². The molecular formula is C21H23F6N5O3. The number of aliphatic hydroxyl groups is 1. The second kappa shape index (κ2) is 8.23. The Morgan fingerprint density at radius 3 is 2.46 bits per heavy atom. The van der Waals surface area contributed by atoms with Crippen LogP contribution in [0.2, 0.25) is 0 Å². The fraction of sp³-hybridized carbons (Fsp3) is 0.619. The molecule has 2 atom stereocenters. The lowest BCUT2D eigenvalue weighted by molar-refractivity contribution is -0.274. The summed E-state index contributed by atoms with van der Waals surface area (Å²) >= 11 is 0. The van der Waals surface area contributed by atoms with Gasteiger partial charge in [0.25, 0.3) is 0 Å². The molecule has 4 aliphatic rings. The first-order valence-electron chi connectivity index (χ1n) is 11.0. The van der Waals surface area contributed by atoms with Crippen LogP contribution in [0.5, 0.6) is 5.75 Å². The molecule has 35 heavy (non-hydrogen) atoms. The second-order valence-electron chi connectivity index (χ2n) is 9.25. The summed E-state index contributed by atoms with van der Waals surface area (Å²) < 4.78 is 89.2. The molecule has 1 aliphatic heterocycles. The molecule has 3 heterocycles. The largest absolute Gasteiger partial charge is 0.573 e. The lowest BCUT2D eigenvalue weighted by Crippen LogP contribution is -2.56. The van der Waals surface area contributed by atoms with Crippen LogP contribution in [0.25, 0.3) is 11.3 Å². The number of aliphatic hydroxyl groups excluding tert-OH is 1. The van der Waals surface area contributed by atoms with Gasteiger partial charge in [0.2, 0.25) is 6.10 Å². The zero-order valence-electron chi connectivity index (χ0n) is 18.3. The highest BCUT2D eigenvalue weighted by Gasteiger charge is 2.60. The molecular weight excluding hydrogens is 484 g/mol. The maximum Gasteiger partial charge on any atom is 0.573 e. The molecule has 4 fully saturated rings. The maximum atomic E-state index is 13.5. The Morgan fingerprint density at radius 2 is 1.83 bits per heavy atom. The first-order chi connectivity index (χ1) is 16.4. The lowest BCUT2D eigenvalue weighted by atomic mass is 9.75. The van der Waals surface area contributed by atoms with Gasteiger partial charge in [-0.1, -0.05) is 0 Å². The third-order valence-corrected chi connectivity index (χ3v) is 7.18. The number of hydrogen-bond acceptors (Lipinski definition) is 7. The standard InChI is InChI=1S/C21H23F6N5O3/c22-20(23,24)16(33)18-30-13(11-5-15(17(28)29-9-11)35-21(25,26)27)10-32(18)14-8-19(6-12(14)7-19)31-1-3-34-4-2-31/h5,9-10,12,14,16,33H,1-4,6-8H2,(H2,28,29)/t12?,14-,16+,19?/m0/s1. The summed E-state index contributed by atoms with van der Waals surface area (Å²) in [5, 5.41) is 10.1. The van der Waals surface area contributed by atoms with Crippen molar-refractivity contribution in [2.45, 2.75) is 49.5 Å². The normalized spacial score (nSPS) is 28.1. The van der Waals surface area contributed by atoms with Gasteiger partial charge in [-0.2, -0.15) is 13.2 Å². The molecule has 3 saturated carbocycles. The van der Waals surface area contributed by atoms with E-state index in [1.807, 2.05) is 0 Å². The molecule has 6 rings (SSSR count). The Hall–Kier alpha value is -2.58. The first-order valence-corrected chi connectivity index (χ1v) is 11.0. The van der Waals surface area contributed by atoms with Gasteiger partial charge >= 0.3 is 12.5 Å². The molecule has 2 bridgehead atoms. The summed E-state index contributed by atoms with van der Waals surface area (Å²) in [5.74, 6) is -1.85. The molecule has 192 valence electrons. The predicted octanol–water partition coefficient (Wildman–Crippen LogP) is 3.45. The van der Waals surface area contributed by atoms with Crippen molar-refractivity contribution in [1.29, 1.82) is 0 Å². The van der Waals surface area contributed by atoms with Crippen molar-refractivity contribution >= 4 is 5.82 Å². The molecule has 2 aromatic heterocycles. The Morgan fingerprint density at radius 1 is 1.14 bits per heavy atom. The van der Waals surface area contributed by atoms with Crippen molar-refractivity contribution in [1.82, 2.24) is 19.4 Å². The SMILES string of the molecule is Nc1ncc(-c2cn([C@H]3CC4(N5CCOCC5)CC3C4)c([C@@H](O)C(F)(F)F)n2)cc1OC(F)(F)F. The number of ether oxygens (including phenoxy) is 2. The Bertz CT molecular complexity index is 1090. The molecule has 0 aromatic carbocycles. The number of alkyl halides is 6. The number of rotatable bonds is 5. The van der Waals surface area contributed by atoms with Crippen LogP contribution in [0.4, 0.5) is 32.2 Å². The Balaban J connectivity index is 1.50. The summed E-state index contributed by atoms with van der Waals surface area (Å²) in [6.45, 7) is 2.67. The van der Waals surface area contributed by atoms with Crippen molar-refractivity contribution in [3.63, 3.8) is 0 Å². The fourth-order valence-electron chi connectivity index (χ4n) is 5.62. The average molecular weight is 507 g/mol. The van der Waals surface area contributed by atoms with E-state index in [1.54, 1.807) is 0 Å². The molecule has 14 heteroatoms. The lowest BCUT2D eigenvalue weighted by Gasteiger charge is -2.49. The maximum absolute atomic E-state index is 13.5. The van der Waals surface area contributed by atoms with Crippen molar-refractivity contribution in [2.75, 3.05) is 32.0 Å². The predicted molar refractivity (Wildman–Crippen MR) is 109 cm³/mol. The highest BCUT2D eigenvalue weighted by Crippen LogP contribution is 2.61. The average Bonchev–Trinajstić information content (AvgIpc) is 3.45. The molecule has 0 amide bonds. The summed E-state index contributed by atoms with van der Waals surface area (Å²) in [6.07, 6.45) is -8.27. The summed E-state index contributed by atoms with van der Waals surface area (Å²) in [7, 11) is 0. The quantitative estimate of drug-likeness (QED) is 0.599. The minimum atomic E-state index is -5.04. The van der Waals surface area contributed by atoms with E-state index in [9.17, 15) is 31.4 Å². The van der Waals surface area contributed by atoms with Crippen molar-refractivity contribution in [3.05, 3.63) is 24.3 Å². The van der Waals surface area contributed by atoms with Gasteiger partial charge in [-0.15, -0.1) is 13.2 Å². The van der Waals surface area contributed by atoms with Gasteiger partial charge in [-0.25, -0.2) is 9.97 Å². The molecule has 1 saturated heterocycles. The summed E-state index contributed by atoms with van der Waals surface area (Å²) in [5.41, 5.74) is 5.22. The zero-order chi connectivity index (χ0) is 25.2. The van der Waals surface area contributed by atoms with Gasteiger partial charge in [-0.05, 0) is 31.2 Å². The summed E-state index contributed by atoms with van der Waals surface area (Å²) in [4.78, 5) is 9.97. The van der Waals surface area contributed by atoms with Gasteiger partial charge in [0.05, 0.1) is 18.9 Å². The van der Waals surface area contributed by atoms with Gasteiger partial charge < -0.3 is 24.9 Å². The van der Waals surface area contributed by atoms with Crippen LogP contribution in [-0.2, 0) is 4.74 Å². The fourth-order valence-corrected chi connectivity index (χ4v) is 5.62. The third kappa shape index (κ3) is 4.42. The molecule has 3 aliphatic carbocycles. The van der Waals surface area contributed by atoms with Crippen LogP contribution in [0.15, 0.2) is 18.5 Å². The van der Waals surface area contributed by atoms with Gasteiger partial charge in [-0.3, -0.25) is 4.90 Å². The monoisotopic (exact) mass is 507 g/mol. The van der Waals surface area contributed by atoms with E-state index in [4.69, 9.17) is 10.5 Å². The highest BCUT2D eigenvalue weighted by atomic mass is 19.4. The minimum Gasteiger partial charge on any atom is -0.402 e. The number of morpholine rings is 1. The first kappa shape index (κ1) is 24.1. The number of nitrogen functional groups attached to an aromatic ring is 1. The molecule has 3 N–H and O–H groups in total. The van der Waals surface area contributed by atoms with Gasteiger partial charge in [0, 0.05) is 42.6 Å². The van der Waals surface area contributed by atoms with Crippen molar-refractivity contribution in [2.24, 2.45) is 5.92 Å². The van der Waals surface area contributed by atoms with E-state index >= 15 is 0 Å². The highest BCUT2D eigenvalue weighted by molar-refractivity contribution is 5.64. The molecule has 0 spiro atoms. The minimum absolute atomic E-state index is 0.0268. The second-order valence-corrected chi connectivity index (χ2v) is 9.25. The number of fused-ring (bicyclic) bond motifs is 1.